The number of hydrogen-bond acceptors (Lipinski definition) is 2. The Balaban J connectivity index is 1.79. The summed E-state index contributed by atoms with van der Waals surface area (Å²) in [4.78, 5) is 0.934. The normalized spacial score (nSPS) is 18.6. The zero-order valence-corrected chi connectivity index (χ0v) is 9.08. The van der Waals surface area contributed by atoms with Crippen LogP contribution in [0.3, 0.4) is 0 Å². The Labute approximate surface area is 88.3 Å². The highest BCUT2D eigenvalue weighted by molar-refractivity contribution is 7.09. The van der Waals surface area contributed by atoms with Gasteiger partial charge in [0.05, 0.1) is 0 Å². The molecular formula is C11H16FNS. The predicted octanol–water partition coefficient (Wildman–Crippen LogP) is 2.82. The Kier molecular flexibility index (Phi) is 3.54. The summed E-state index contributed by atoms with van der Waals surface area (Å²) in [5, 5.41) is 5.19. The fourth-order valence-electron chi connectivity index (χ4n) is 2.01. The van der Waals surface area contributed by atoms with Crippen LogP contribution in [0.25, 0.3) is 0 Å². The number of rotatable bonds is 3. The molecule has 1 aromatic rings. The maximum Gasteiger partial charge on any atom is 0.137 e. The van der Waals surface area contributed by atoms with Gasteiger partial charge < -0.3 is 5.32 Å². The van der Waals surface area contributed by atoms with Gasteiger partial charge in [-0.05, 0) is 56.1 Å². The largest absolute Gasteiger partial charge is 0.317 e. The van der Waals surface area contributed by atoms with Crippen LogP contribution in [0.5, 0.6) is 0 Å². The van der Waals surface area contributed by atoms with Gasteiger partial charge in [-0.3, -0.25) is 0 Å². The summed E-state index contributed by atoms with van der Waals surface area (Å²) in [7, 11) is 0. The highest BCUT2D eigenvalue weighted by Gasteiger charge is 2.13. The van der Waals surface area contributed by atoms with E-state index in [-0.39, 0.29) is 5.82 Å². The lowest BCUT2D eigenvalue weighted by atomic mass is 9.93. The van der Waals surface area contributed by atoms with Gasteiger partial charge in [0, 0.05) is 4.88 Å². The van der Waals surface area contributed by atoms with E-state index in [1.165, 1.54) is 12.8 Å². The molecule has 78 valence electrons. The molecule has 0 amide bonds. The molecule has 1 aliphatic rings. The lowest BCUT2D eigenvalue weighted by molar-refractivity contribution is 0.354. The standard InChI is InChI=1S/C11H16FNS/c12-10-5-8-14-11(10)2-1-9-3-6-13-7-4-9/h5,8-9,13H,1-4,6-7H2. The van der Waals surface area contributed by atoms with Crippen molar-refractivity contribution in [3.05, 3.63) is 22.1 Å². The van der Waals surface area contributed by atoms with Crippen LogP contribution >= 0.6 is 11.3 Å². The van der Waals surface area contributed by atoms with Crippen molar-refractivity contribution in [1.29, 1.82) is 0 Å². The smallest absolute Gasteiger partial charge is 0.137 e. The van der Waals surface area contributed by atoms with Crippen LogP contribution < -0.4 is 5.32 Å². The highest BCUT2D eigenvalue weighted by atomic mass is 32.1. The van der Waals surface area contributed by atoms with Gasteiger partial charge in [0.1, 0.15) is 5.82 Å². The molecule has 0 aliphatic carbocycles. The summed E-state index contributed by atoms with van der Waals surface area (Å²) in [5.41, 5.74) is 0. The lowest BCUT2D eigenvalue weighted by Gasteiger charge is -2.22. The van der Waals surface area contributed by atoms with Gasteiger partial charge in [0.2, 0.25) is 0 Å². The van der Waals surface area contributed by atoms with E-state index < -0.39 is 0 Å². The maximum absolute atomic E-state index is 13.1. The lowest BCUT2D eigenvalue weighted by Crippen LogP contribution is -2.27. The van der Waals surface area contributed by atoms with Crippen molar-refractivity contribution in [2.24, 2.45) is 5.92 Å². The molecule has 0 bridgehead atoms. The summed E-state index contributed by atoms with van der Waals surface area (Å²) in [5.74, 6) is 0.793. The third-order valence-corrected chi connectivity index (χ3v) is 3.89. The molecule has 1 saturated heterocycles. The van der Waals surface area contributed by atoms with Crippen LogP contribution in [0, 0.1) is 11.7 Å². The van der Waals surface area contributed by atoms with Crippen LogP contribution in [0.1, 0.15) is 24.1 Å². The molecule has 0 spiro atoms. The Morgan fingerprint density at radius 3 is 2.86 bits per heavy atom. The molecule has 3 heteroatoms. The molecule has 1 aromatic heterocycles. The first kappa shape index (κ1) is 10.1. The van der Waals surface area contributed by atoms with Gasteiger partial charge in [-0.2, -0.15) is 0 Å². The van der Waals surface area contributed by atoms with Gasteiger partial charge in [-0.25, -0.2) is 4.39 Å². The molecular weight excluding hydrogens is 197 g/mol. The van der Waals surface area contributed by atoms with Crippen molar-refractivity contribution in [3.63, 3.8) is 0 Å². The van der Waals surface area contributed by atoms with Crippen LogP contribution in [0.15, 0.2) is 11.4 Å². The molecule has 1 aliphatic heterocycles. The Morgan fingerprint density at radius 1 is 1.43 bits per heavy atom. The Hall–Kier alpha value is -0.410. The first-order chi connectivity index (χ1) is 6.86. The van der Waals surface area contributed by atoms with E-state index in [9.17, 15) is 4.39 Å². The summed E-state index contributed by atoms with van der Waals surface area (Å²) in [6.07, 6.45) is 4.59. The van der Waals surface area contributed by atoms with Crippen molar-refractivity contribution in [2.75, 3.05) is 13.1 Å². The third kappa shape index (κ3) is 2.55. The highest BCUT2D eigenvalue weighted by Crippen LogP contribution is 2.22. The van der Waals surface area contributed by atoms with Crippen LogP contribution in [-0.4, -0.2) is 13.1 Å². The van der Waals surface area contributed by atoms with Gasteiger partial charge in [-0.1, -0.05) is 0 Å². The molecule has 1 nitrogen and oxygen atoms in total. The minimum atomic E-state index is -0.0102. The van der Waals surface area contributed by atoms with E-state index in [1.807, 2.05) is 5.38 Å². The summed E-state index contributed by atoms with van der Waals surface area (Å²) < 4.78 is 13.1. The Morgan fingerprint density at radius 2 is 2.21 bits per heavy atom. The van der Waals surface area contributed by atoms with Crippen molar-refractivity contribution < 1.29 is 4.39 Å². The number of thiophene rings is 1. The molecule has 0 unspecified atom stereocenters. The zero-order chi connectivity index (χ0) is 9.80. The van der Waals surface area contributed by atoms with E-state index in [1.54, 1.807) is 17.4 Å². The molecule has 2 heterocycles. The third-order valence-electron chi connectivity index (χ3n) is 2.93. The Bertz CT molecular complexity index is 279. The van der Waals surface area contributed by atoms with Crippen molar-refractivity contribution in [3.8, 4) is 0 Å². The second-order valence-electron chi connectivity index (χ2n) is 3.92. The van der Waals surface area contributed by atoms with Crippen LogP contribution in [-0.2, 0) is 6.42 Å². The fourth-order valence-corrected chi connectivity index (χ4v) is 2.78. The number of piperidine rings is 1. The second-order valence-corrected chi connectivity index (χ2v) is 4.92. The molecule has 1 fully saturated rings. The van der Waals surface area contributed by atoms with E-state index in [2.05, 4.69) is 5.32 Å². The van der Waals surface area contributed by atoms with Gasteiger partial charge in [0.15, 0.2) is 0 Å². The zero-order valence-electron chi connectivity index (χ0n) is 8.26. The SMILES string of the molecule is Fc1ccsc1CCC1CCNCC1. The number of aryl methyl sites for hydroxylation is 1. The van der Waals surface area contributed by atoms with Crippen LogP contribution in [0.2, 0.25) is 0 Å². The average molecular weight is 213 g/mol. The quantitative estimate of drug-likeness (QED) is 0.814. The summed E-state index contributed by atoms with van der Waals surface area (Å²) in [6, 6.07) is 1.57. The minimum absolute atomic E-state index is 0.0102. The first-order valence-corrected chi connectivity index (χ1v) is 6.17. The number of nitrogens with one attached hydrogen (secondary N) is 1. The average Bonchev–Trinajstić information content (AvgIpc) is 2.63. The number of hydrogen-bond donors (Lipinski definition) is 1. The topological polar surface area (TPSA) is 12.0 Å². The van der Waals surface area contributed by atoms with Gasteiger partial charge >= 0.3 is 0 Å². The predicted molar refractivity (Wildman–Crippen MR) is 58.2 cm³/mol. The molecule has 0 aromatic carbocycles. The van der Waals surface area contributed by atoms with Crippen molar-refractivity contribution in [1.82, 2.24) is 5.32 Å². The summed E-state index contributed by atoms with van der Waals surface area (Å²) in [6.45, 7) is 2.27. The molecule has 0 radical (unpaired) electrons. The first-order valence-electron chi connectivity index (χ1n) is 5.29. The van der Waals surface area contributed by atoms with E-state index >= 15 is 0 Å². The fraction of sp³-hybridized carbons (Fsp3) is 0.636. The summed E-state index contributed by atoms with van der Waals surface area (Å²) >= 11 is 1.55. The minimum Gasteiger partial charge on any atom is -0.317 e. The van der Waals surface area contributed by atoms with E-state index in [0.717, 1.165) is 36.7 Å². The maximum atomic E-state index is 13.1. The van der Waals surface area contributed by atoms with E-state index in [0.29, 0.717) is 0 Å². The van der Waals surface area contributed by atoms with Gasteiger partial charge in [-0.15, -0.1) is 11.3 Å². The van der Waals surface area contributed by atoms with Crippen LogP contribution in [0.4, 0.5) is 4.39 Å². The number of halogens is 1. The van der Waals surface area contributed by atoms with Gasteiger partial charge in [0.25, 0.3) is 0 Å². The van der Waals surface area contributed by atoms with Crippen molar-refractivity contribution in [2.45, 2.75) is 25.7 Å². The molecule has 0 saturated carbocycles. The molecule has 14 heavy (non-hydrogen) atoms. The molecule has 1 N–H and O–H groups in total. The monoisotopic (exact) mass is 213 g/mol. The molecule has 2 rings (SSSR count). The van der Waals surface area contributed by atoms with E-state index in [4.69, 9.17) is 0 Å². The van der Waals surface area contributed by atoms with Crippen molar-refractivity contribution >= 4 is 11.3 Å². The molecule has 0 atom stereocenters. The second kappa shape index (κ2) is 4.89.